The van der Waals surface area contributed by atoms with Crippen molar-refractivity contribution in [1.82, 2.24) is 10.2 Å². The second kappa shape index (κ2) is 5.39. The Morgan fingerprint density at radius 2 is 2.00 bits per heavy atom. The van der Waals surface area contributed by atoms with Crippen LogP contribution < -0.4 is 5.32 Å². The minimum absolute atomic E-state index is 0.115. The molecule has 1 unspecified atom stereocenters. The largest absolute Gasteiger partial charge is 0.481 e. The van der Waals surface area contributed by atoms with Crippen molar-refractivity contribution < 1.29 is 14.7 Å². The molecule has 0 radical (unpaired) electrons. The zero-order chi connectivity index (χ0) is 14.0. The second-order valence-electron chi connectivity index (χ2n) is 6.51. The third kappa shape index (κ3) is 3.61. The van der Waals surface area contributed by atoms with Crippen LogP contribution in [0.4, 0.5) is 4.79 Å². The lowest BCUT2D eigenvalue weighted by Gasteiger charge is -2.25. The molecule has 108 valence electrons. The second-order valence-corrected chi connectivity index (χ2v) is 6.51. The Morgan fingerprint density at radius 1 is 1.32 bits per heavy atom. The molecule has 19 heavy (non-hydrogen) atoms. The lowest BCUT2D eigenvalue weighted by Crippen LogP contribution is -2.40. The summed E-state index contributed by atoms with van der Waals surface area (Å²) in [5.41, 5.74) is 0.307. The first-order valence-electron chi connectivity index (χ1n) is 7.16. The van der Waals surface area contributed by atoms with Crippen molar-refractivity contribution in [3.63, 3.8) is 0 Å². The summed E-state index contributed by atoms with van der Waals surface area (Å²) in [5.74, 6) is -0.383. The molecule has 1 heterocycles. The number of amides is 2. The molecular formula is C14H24N2O3. The molecule has 1 saturated heterocycles. The SMILES string of the molecule is CC(C)(CCNC(=O)N1CCC(C(=O)O)C1)C1CC1. The van der Waals surface area contributed by atoms with Crippen molar-refractivity contribution in [2.75, 3.05) is 19.6 Å². The van der Waals surface area contributed by atoms with Crippen molar-refractivity contribution in [2.24, 2.45) is 17.3 Å². The minimum Gasteiger partial charge on any atom is -0.481 e. The quantitative estimate of drug-likeness (QED) is 0.800. The van der Waals surface area contributed by atoms with Crippen LogP contribution in [-0.2, 0) is 4.79 Å². The van der Waals surface area contributed by atoms with Crippen molar-refractivity contribution in [1.29, 1.82) is 0 Å². The maximum absolute atomic E-state index is 11.9. The molecule has 2 amide bonds. The first-order valence-corrected chi connectivity index (χ1v) is 7.16. The Balaban J connectivity index is 1.69. The summed E-state index contributed by atoms with van der Waals surface area (Å²) in [4.78, 5) is 24.4. The van der Waals surface area contributed by atoms with Gasteiger partial charge in [0.2, 0.25) is 0 Å². The smallest absolute Gasteiger partial charge is 0.317 e. The van der Waals surface area contributed by atoms with Gasteiger partial charge >= 0.3 is 12.0 Å². The standard InChI is InChI=1S/C14H24N2O3/c1-14(2,11-3-4-11)6-7-15-13(19)16-8-5-10(9-16)12(17)18/h10-11H,3-9H2,1-2H3,(H,15,19)(H,17,18). The van der Waals surface area contributed by atoms with Crippen LogP contribution in [0.2, 0.25) is 0 Å². The topological polar surface area (TPSA) is 69.6 Å². The predicted octanol–water partition coefficient (Wildman–Crippen LogP) is 1.93. The van der Waals surface area contributed by atoms with E-state index < -0.39 is 11.9 Å². The molecule has 5 nitrogen and oxygen atoms in total. The van der Waals surface area contributed by atoms with E-state index in [4.69, 9.17) is 5.11 Å². The summed E-state index contributed by atoms with van der Waals surface area (Å²) < 4.78 is 0. The summed E-state index contributed by atoms with van der Waals surface area (Å²) in [6.45, 7) is 6.08. The lowest BCUT2D eigenvalue weighted by molar-refractivity contribution is -0.141. The van der Waals surface area contributed by atoms with E-state index in [0.29, 0.717) is 31.5 Å². The van der Waals surface area contributed by atoms with Crippen LogP contribution in [0.15, 0.2) is 0 Å². The van der Waals surface area contributed by atoms with E-state index in [9.17, 15) is 9.59 Å². The van der Waals surface area contributed by atoms with Gasteiger partial charge in [-0.05, 0) is 37.0 Å². The van der Waals surface area contributed by atoms with Gasteiger partial charge in [-0.2, -0.15) is 0 Å². The van der Waals surface area contributed by atoms with Crippen molar-refractivity contribution in [3.8, 4) is 0 Å². The van der Waals surface area contributed by atoms with Crippen molar-refractivity contribution in [3.05, 3.63) is 0 Å². The number of hydrogen-bond donors (Lipinski definition) is 2. The molecule has 1 atom stereocenters. The molecule has 0 aromatic carbocycles. The normalized spacial score (nSPS) is 23.5. The first kappa shape index (κ1) is 14.2. The number of carbonyl (C=O) groups is 2. The fraction of sp³-hybridized carbons (Fsp3) is 0.857. The summed E-state index contributed by atoms with van der Waals surface area (Å²) in [6, 6.07) is -0.115. The minimum atomic E-state index is -0.801. The van der Waals surface area contributed by atoms with Gasteiger partial charge in [-0.25, -0.2) is 4.79 Å². The molecule has 2 aliphatic rings. The molecule has 0 spiro atoms. The molecule has 1 aliphatic heterocycles. The van der Waals surface area contributed by atoms with E-state index in [1.54, 1.807) is 4.90 Å². The Hall–Kier alpha value is -1.26. The van der Waals surface area contributed by atoms with E-state index in [1.165, 1.54) is 12.8 Å². The van der Waals surface area contributed by atoms with Crippen LogP contribution >= 0.6 is 0 Å². The number of likely N-dealkylation sites (tertiary alicyclic amines) is 1. The molecule has 1 aliphatic carbocycles. The number of carboxylic acid groups (broad SMARTS) is 1. The van der Waals surface area contributed by atoms with Crippen molar-refractivity contribution in [2.45, 2.75) is 39.5 Å². The van der Waals surface area contributed by atoms with Gasteiger partial charge in [0.1, 0.15) is 0 Å². The third-order valence-electron chi connectivity index (χ3n) is 4.55. The Bertz CT molecular complexity index is 364. The van der Waals surface area contributed by atoms with Crippen LogP contribution in [0.25, 0.3) is 0 Å². The maximum atomic E-state index is 11.9. The summed E-state index contributed by atoms with van der Waals surface area (Å²) in [5, 5.41) is 11.8. The maximum Gasteiger partial charge on any atom is 0.317 e. The fourth-order valence-corrected chi connectivity index (χ4v) is 2.82. The Kier molecular flexibility index (Phi) is 4.02. The highest BCUT2D eigenvalue weighted by atomic mass is 16.4. The van der Waals surface area contributed by atoms with Crippen LogP contribution in [0.5, 0.6) is 0 Å². The van der Waals surface area contributed by atoms with Gasteiger partial charge in [-0.1, -0.05) is 13.8 Å². The number of hydrogen-bond acceptors (Lipinski definition) is 2. The molecule has 0 aromatic heterocycles. The molecule has 1 saturated carbocycles. The van der Waals surface area contributed by atoms with Crippen LogP contribution in [0.3, 0.4) is 0 Å². The van der Waals surface area contributed by atoms with E-state index in [0.717, 1.165) is 12.3 Å². The molecule has 5 heteroatoms. The average Bonchev–Trinajstić information content (AvgIpc) is 3.07. The summed E-state index contributed by atoms with van der Waals surface area (Å²) >= 11 is 0. The molecule has 0 bridgehead atoms. The zero-order valence-electron chi connectivity index (χ0n) is 11.8. The zero-order valence-corrected chi connectivity index (χ0v) is 11.8. The van der Waals surface area contributed by atoms with Gasteiger partial charge in [0.25, 0.3) is 0 Å². The predicted molar refractivity (Wildman–Crippen MR) is 71.8 cm³/mol. The van der Waals surface area contributed by atoms with Crippen molar-refractivity contribution >= 4 is 12.0 Å². The highest BCUT2D eigenvalue weighted by molar-refractivity contribution is 5.77. The summed E-state index contributed by atoms with van der Waals surface area (Å²) in [7, 11) is 0. The number of carboxylic acids is 1. The molecular weight excluding hydrogens is 244 g/mol. The summed E-state index contributed by atoms with van der Waals surface area (Å²) in [6.07, 6.45) is 4.18. The van der Waals surface area contributed by atoms with Gasteiger partial charge in [-0.3, -0.25) is 4.79 Å². The molecule has 2 N–H and O–H groups in total. The molecule has 0 aromatic rings. The van der Waals surface area contributed by atoms with E-state index >= 15 is 0 Å². The van der Waals surface area contributed by atoms with E-state index in [1.807, 2.05) is 0 Å². The first-order chi connectivity index (χ1) is 8.90. The molecule has 2 rings (SSSR count). The van der Waals surface area contributed by atoms with Gasteiger partial charge in [0.05, 0.1) is 5.92 Å². The van der Waals surface area contributed by atoms with Crippen LogP contribution in [0.1, 0.15) is 39.5 Å². The van der Waals surface area contributed by atoms with E-state index in [2.05, 4.69) is 19.2 Å². The third-order valence-corrected chi connectivity index (χ3v) is 4.55. The van der Waals surface area contributed by atoms with Crippen LogP contribution in [-0.4, -0.2) is 41.6 Å². The Labute approximate surface area is 114 Å². The number of carbonyl (C=O) groups excluding carboxylic acids is 1. The number of urea groups is 1. The Morgan fingerprint density at radius 3 is 2.53 bits per heavy atom. The molecule has 2 fully saturated rings. The fourth-order valence-electron chi connectivity index (χ4n) is 2.82. The lowest BCUT2D eigenvalue weighted by atomic mass is 9.84. The van der Waals surface area contributed by atoms with E-state index in [-0.39, 0.29) is 6.03 Å². The number of aliphatic carboxylic acids is 1. The average molecular weight is 268 g/mol. The number of rotatable bonds is 5. The highest BCUT2D eigenvalue weighted by Crippen LogP contribution is 2.46. The highest BCUT2D eigenvalue weighted by Gasteiger charge is 2.37. The number of nitrogens with one attached hydrogen (secondary N) is 1. The monoisotopic (exact) mass is 268 g/mol. The van der Waals surface area contributed by atoms with Gasteiger partial charge < -0.3 is 15.3 Å². The van der Waals surface area contributed by atoms with Gasteiger partial charge in [0.15, 0.2) is 0 Å². The van der Waals surface area contributed by atoms with Crippen LogP contribution in [0, 0.1) is 17.3 Å². The number of nitrogens with zero attached hydrogens (tertiary/aromatic N) is 1. The van der Waals surface area contributed by atoms with Gasteiger partial charge in [-0.15, -0.1) is 0 Å². The van der Waals surface area contributed by atoms with Gasteiger partial charge in [0, 0.05) is 19.6 Å².